The fourth-order valence-corrected chi connectivity index (χ4v) is 3.52. The Balaban J connectivity index is 2.02. The van der Waals surface area contributed by atoms with Crippen LogP contribution in [0.15, 0.2) is 64.1 Å². The van der Waals surface area contributed by atoms with Gasteiger partial charge in [-0.05, 0) is 55.2 Å². The quantitative estimate of drug-likeness (QED) is 0.667. The summed E-state index contributed by atoms with van der Waals surface area (Å²) in [6.45, 7) is 4.42. The molecule has 89 valence electrons. The van der Waals surface area contributed by atoms with Gasteiger partial charge in [-0.25, -0.2) is 0 Å². The van der Waals surface area contributed by atoms with Gasteiger partial charge in [0.2, 0.25) is 0 Å². The van der Waals surface area contributed by atoms with Gasteiger partial charge in [0.15, 0.2) is 0 Å². The number of rotatable bonds is 1. The highest BCUT2D eigenvalue weighted by atomic mass is 32.2. The number of hydrogen-bond acceptors (Lipinski definition) is 1. The van der Waals surface area contributed by atoms with Crippen molar-refractivity contribution in [1.29, 1.82) is 0 Å². The van der Waals surface area contributed by atoms with E-state index in [0.717, 1.165) is 6.42 Å². The summed E-state index contributed by atoms with van der Waals surface area (Å²) in [4.78, 5) is 2.74. The second-order valence-corrected chi connectivity index (χ2v) is 5.87. The molecule has 0 saturated carbocycles. The molecule has 0 amide bonds. The maximum atomic E-state index is 3.07. The van der Waals surface area contributed by atoms with E-state index in [4.69, 9.17) is 0 Å². The van der Waals surface area contributed by atoms with E-state index in [-0.39, 0.29) is 0 Å². The Kier molecular flexibility index (Phi) is 3.00. The molecule has 1 aromatic rings. The zero-order valence-electron chi connectivity index (χ0n) is 10.7. The van der Waals surface area contributed by atoms with Crippen LogP contribution in [0.3, 0.4) is 0 Å². The van der Waals surface area contributed by atoms with E-state index in [0.29, 0.717) is 0 Å². The van der Waals surface area contributed by atoms with Gasteiger partial charge in [-0.3, -0.25) is 0 Å². The Hall–Kier alpha value is -1.47. The van der Waals surface area contributed by atoms with E-state index in [2.05, 4.69) is 50.3 Å². The van der Waals surface area contributed by atoms with Crippen molar-refractivity contribution in [3.63, 3.8) is 0 Å². The van der Waals surface area contributed by atoms with Crippen molar-refractivity contribution in [3.8, 4) is 0 Å². The van der Waals surface area contributed by atoms with Crippen LogP contribution in [-0.4, -0.2) is 0 Å². The number of benzene rings is 1. The van der Waals surface area contributed by atoms with Crippen LogP contribution in [-0.2, 0) is 0 Å². The van der Waals surface area contributed by atoms with Crippen LogP contribution in [0.25, 0.3) is 4.91 Å². The van der Waals surface area contributed by atoms with Crippen LogP contribution in [0.2, 0.25) is 0 Å². The predicted octanol–water partition coefficient (Wildman–Crippen LogP) is 5.12. The lowest BCUT2D eigenvalue weighted by atomic mass is 9.96. The Morgan fingerprint density at radius 3 is 2.61 bits per heavy atom. The van der Waals surface area contributed by atoms with Crippen LogP contribution >= 0.6 is 11.8 Å². The predicted molar refractivity (Wildman–Crippen MR) is 80.0 cm³/mol. The van der Waals surface area contributed by atoms with Gasteiger partial charge >= 0.3 is 0 Å². The summed E-state index contributed by atoms with van der Waals surface area (Å²) in [5, 5.41) is 0. The highest BCUT2D eigenvalue weighted by Crippen LogP contribution is 2.46. The SMILES string of the molecule is CC1=CC=C2SC(c3cc[c]cc3)=CC(C)=C2C1. The number of fused-ring (bicyclic) bond motifs is 1. The van der Waals surface area contributed by atoms with E-state index >= 15 is 0 Å². The normalized spacial score (nSPS) is 18.9. The molecule has 2 aliphatic rings. The topological polar surface area (TPSA) is 0 Å². The average Bonchev–Trinajstić information content (AvgIpc) is 2.40. The average molecular weight is 251 g/mol. The molecule has 1 heteroatoms. The van der Waals surface area contributed by atoms with Crippen molar-refractivity contribution in [3.05, 3.63) is 75.7 Å². The third-order valence-corrected chi connectivity index (χ3v) is 4.49. The molecule has 0 fully saturated rings. The van der Waals surface area contributed by atoms with Crippen molar-refractivity contribution in [2.24, 2.45) is 0 Å². The molecule has 0 nitrogen and oxygen atoms in total. The monoisotopic (exact) mass is 251 g/mol. The van der Waals surface area contributed by atoms with Gasteiger partial charge in [-0.1, -0.05) is 47.7 Å². The maximum absolute atomic E-state index is 3.07. The van der Waals surface area contributed by atoms with Crippen molar-refractivity contribution in [1.82, 2.24) is 0 Å². The van der Waals surface area contributed by atoms with Crippen LogP contribution in [0.4, 0.5) is 0 Å². The molecule has 1 heterocycles. The largest absolute Gasteiger partial charge is 0.0892 e. The molecule has 0 N–H and O–H groups in total. The third kappa shape index (κ3) is 2.11. The second kappa shape index (κ2) is 4.66. The van der Waals surface area contributed by atoms with Gasteiger partial charge in [0.1, 0.15) is 0 Å². The van der Waals surface area contributed by atoms with Crippen molar-refractivity contribution < 1.29 is 0 Å². The van der Waals surface area contributed by atoms with Crippen molar-refractivity contribution in [2.45, 2.75) is 20.3 Å². The first-order chi connectivity index (χ1) is 8.74. The number of thioether (sulfide) groups is 1. The molecule has 1 aliphatic carbocycles. The Morgan fingerprint density at radius 1 is 1.06 bits per heavy atom. The van der Waals surface area contributed by atoms with E-state index in [1.165, 1.54) is 32.1 Å². The zero-order valence-corrected chi connectivity index (χ0v) is 11.5. The Morgan fingerprint density at radius 2 is 1.83 bits per heavy atom. The van der Waals surface area contributed by atoms with Gasteiger partial charge < -0.3 is 0 Å². The molecular weight excluding hydrogens is 236 g/mol. The molecule has 3 rings (SSSR count). The van der Waals surface area contributed by atoms with Crippen LogP contribution in [0.1, 0.15) is 25.8 Å². The minimum absolute atomic E-state index is 1.09. The van der Waals surface area contributed by atoms with Gasteiger partial charge in [-0.15, -0.1) is 0 Å². The lowest BCUT2D eigenvalue weighted by Crippen LogP contribution is -2.00. The van der Waals surface area contributed by atoms with Crippen molar-refractivity contribution >= 4 is 16.7 Å². The maximum Gasteiger partial charge on any atom is 0.0197 e. The highest BCUT2D eigenvalue weighted by molar-refractivity contribution is 8.12. The lowest BCUT2D eigenvalue weighted by molar-refractivity contribution is 1.10. The molecule has 0 unspecified atom stereocenters. The summed E-state index contributed by atoms with van der Waals surface area (Å²) in [6.07, 6.45) is 7.90. The highest BCUT2D eigenvalue weighted by Gasteiger charge is 2.19. The molecule has 0 saturated heterocycles. The lowest BCUT2D eigenvalue weighted by Gasteiger charge is -2.23. The Bertz CT molecular complexity index is 598. The molecular formula is C17H15S. The molecule has 18 heavy (non-hydrogen) atoms. The third-order valence-electron chi connectivity index (χ3n) is 3.32. The summed E-state index contributed by atoms with van der Waals surface area (Å²) < 4.78 is 0. The number of allylic oxidation sites excluding steroid dienone is 6. The first-order valence-corrected chi connectivity index (χ1v) is 6.99. The summed E-state index contributed by atoms with van der Waals surface area (Å²) >= 11 is 1.88. The standard InChI is InChI=1S/C17H15S/c1-12-8-9-16-15(10-12)13(2)11-17(18-16)14-6-4-3-5-7-14/h4-9,11H,10H2,1-2H3. The summed E-state index contributed by atoms with van der Waals surface area (Å²) in [5.74, 6) is 0. The van der Waals surface area contributed by atoms with Crippen LogP contribution in [0, 0.1) is 6.07 Å². The first kappa shape index (κ1) is 11.6. The van der Waals surface area contributed by atoms with E-state index in [1.807, 2.05) is 23.9 Å². The van der Waals surface area contributed by atoms with Gasteiger partial charge in [0, 0.05) is 9.81 Å². The van der Waals surface area contributed by atoms with Crippen molar-refractivity contribution in [2.75, 3.05) is 0 Å². The molecule has 1 aliphatic heterocycles. The fourth-order valence-electron chi connectivity index (χ4n) is 2.30. The minimum atomic E-state index is 1.09. The minimum Gasteiger partial charge on any atom is -0.0892 e. The van der Waals surface area contributed by atoms with Crippen LogP contribution in [0.5, 0.6) is 0 Å². The molecule has 1 radical (unpaired) electrons. The van der Waals surface area contributed by atoms with E-state index < -0.39 is 0 Å². The summed E-state index contributed by atoms with van der Waals surface area (Å²) in [6, 6.07) is 11.3. The Labute approximate surface area is 113 Å². The van der Waals surface area contributed by atoms with Gasteiger partial charge in [-0.2, -0.15) is 0 Å². The summed E-state index contributed by atoms with van der Waals surface area (Å²) in [5.41, 5.74) is 5.62. The van der Waals surface area contributed by atoms with Crippen LogP contribution < -0.4 is 0 Å². The molecule has 1 aromatic carbocycles. The molecule has 0 aromatic heterocycles. The second-order valence-electron chi connectivity index (χ2n) is 4.78. The van der Waals surface area contributed by atoms with E-state index in [9.17, 15) is 0 Å². The summed E-state index contributed by atoms with van der Waals surface area (Å²) in [7, 11) is 0. The fraction of sp³-hybridized carbons (Fsp3) is 0.176. The van der Waals surface area contributed by atoms with Gasteiger partial charge in [0.25, 0.3) is 0 Å². The molecule has 0 bridgehead atoms. The molecule has 0 atom stereocenters. The smallest absolute Gasteiger partial charge is 0.0197 e. The molecule has 0 spiro atoms. The first-order valence-electron chi connectivity index (χ1n) is 6.17. The van der Waals surface area contributed by atoms with E-state index in [1.54, 1.807) is 0 Å². The van der Waals surface area contributed by atoms with Gasteiger partial charge in [0.05, 0.1) is 0 Å². The number of hydrogen-bond donors (Lipinski definition) is 0. The zero-order chi connectivity index (χ0) is 12.5.